The Morgan fingerprint density at radius 1 is 1.00 bits per heavy atom. The van der Waals surface area contributed by atoms with Gasteiger partial charge in [0.1, 0.15) is 0 Å². The molecule has 2 aromatic carbocycles. The van der Waals surface area contributed by atoms with Gasteiger partial charge in [-0.1, -0.05) is 36.4 Å². The molecule has 2 heteroatoms. The van der Waals surface area contributed by atoms with Crippen molar-refractivity contribution >= 4 is 5.69 Å². The van der Waals surface area contributed by atoms with Gasteiger partial charge in [-0.2, -0.15) is 0 Å². The summed E-state index contributed by atoms with van der Waals surface area (Å²) in [5.74, 6) is 0. The standard InChI is InChI=1S/C18H24N2/c1-14-9-15(2)11-18(10-14)20(3)13-17(19)12-16-7-5-4-6-8-16/h4-11,17H,12-13,19H2,1-3H3. The Morgan fingerprint density at radius 2 is 1.60 bits per heavy atom. The van der Waals surface area contributed by atoms with Crippen LogP contribution in [0.3, 0.4) is 0 Å². The largest absolute Gasteiger partial charge is 0.373 e. The molecule has 0 saturated heterocycles. The second-order valence-corrected chi connectivity index (χ2v) is 5.68. The van der Waals surface area contributed by atoms with Crippen molar-refractivity contribution < 1.29 is 0 Å². The van der Waals surface area contributed by atoms with Crippen molar-refractivity contribution in [3.63, 3.8) is 0 Å². The lowest BCUT2D eigenvalue weighted by atomic mass is 10.1. The fourth-order valence-corrected chi connectivity index (χ4v) is 2.61. The van der Waals surface area contributed by atoms with E-state index in [1.807, 2.05) is 6.07 Å². The summed E-state index contributed by atoms with van der Waals surface area (Å²) >= 11 is 0. The molecule has 0 amide bonds. The second kappa shape index (κ2) is 6.58. The highest BCUT2D eigenvalue weighted by molar-refractivity contribution is 5.50. The molecule has 0 aliphatic carbocycles. The molecule has 0 radical (unpaired) electrons. The highest BCUT2D eigenvalue weighted by atomic mass is 15.1. The summed E-state index contributed by atoms with van der Waals surface area (Å²) in [6.07, 6.45) is 0.913. The van der Waals surface area contributed by atoms with E-state index in [0.717, 1.165) is 13.0 Å². The number of anilines is 1. The molecular formula is C18H24N2. The average molecular weight is 268 g/mol. The summed E-state index contributed by atoms with van der Waals surface area (Å²) in [6.45, 7) is 5.13. The topological polar surface area (TPSA) is 29.3 Å². The lowest BCUT2D eigenvalue weighted by Crippen LogP contribution is -2.36. The van der Waals surface area contributed by atoms with Gasteiger partial charge in [-0.05, 0) is 49.1 Å². The van der Waals surface area contributed by atoms with E-state index < -0.39 is 0 Å². The zero-order chi connectivity index (χ0) is 14.5. The second-order valence-electron chi connectivity index (χ2n) is 5.68. The predicted octanol–water partition coefficient (Wildman–Crippen LogP) is 3.31. The number of rotatable bonds is 5. The SMILES string of the molecule is Cc1cc(C)cc(N(C)CC(N)Cc2ccccc2)c1. The molecule has 1 unspecified atom stereocenters. The molecule has 0 spiro atoms. The molecule has 1 atom stereocenters. The van der Waals surface area contributed by atoms with E-state index in [9.17, 15) is 0 Å². The Hall–Kier alpha value is -1.80. The van der Waals surface area contributed by atoms with Gasteiger partial charge in [0, 0.05) is 25.3 Å². The number of aryl methyl sites for hydroxylation is 2. The first-order valence-corrected chi connectivity index (χ1v) is 7.13. The van der Waals surface area contributed by atoms with Gasteiger partial charge < -0.3 is 10.6 Å². The van der Waals surface area contributed by atoms with E-state index in [1.54, 1.807) is 0 Å². The van der Waals surface area contributed by atoms with Gasteiger partial charge in [0.15, 0.2) is 0 Å². The van der Waals surface area contributed by atoms with E-state index in [-0.39, 0.29) is 6.04 Å². The molecule has 0 aromatic heterocycles. The van der Waals surface area contributed by atoms with Gasteiger partial charge in [0.05, 0.1) is 0 Å². The maximum Gasteiger partial charge on any atom is 0.0369 e. The minimum Gasteiger partial charge on any atom is -0.373 e. The molecule has 2 N–H and O–H groups in total. The molecule has 2 nitrogen and oxygen atoms in total. The zero-order valence-electron chi connectivity index (χ0n) is 12.6. The average Bonchev–Trinajstić information content (AvgIpc) is 2.38. The van der Waals surface area contributed by atoms with E-state index in [1.165, 1.54) is 22.4 Å². The Bertz CT molecular complexity index is 528. The van der Waals surface area contributed by atoms with Crippen LogP contribution < -0.4 is 10.6 Å². The lowest BCUT2D eigenvalue weighted by Gasteiger charge is -2.24. The maximum atomic E-state index is 6.28. The third-order valence-corrected chi connectivity index (χ3v) is 3.50. The third-order valence-electron chi connectivity index (χ3n) is 3.50. The molecule has 0 bridgehead atoms. The van der Waals surface area contributed by atoms with Crippen LogP contribution in [-0.2, 0) is 6.42 Å². The van der Waals surface area contributed by atoms with E-state index in [4.69, 9.17) is 5.73 Å². The van der Waals surface area contributed by atoms with Crippen molar-refractivity contribution in [2.45, 2.75) is 26.3 Å². The molecule has 2 aromatic rings. The Balaban J connectivity index is 1.98. The molecule has 20 heavy (non-hydrogen) atoms. The van der Waals surface area contributed by atoms with E-state index in [2.05, 4.69) is 68.3 Å². The monoisotopic (exact) mass is 268 g/mol. The highest BCUT2D eigenvalue weighted by Crippen LogP contribution is 2.18. The van der Waals surface area contributed by atoms with Crippen molar-refractivity contribution in [1.29, 1.82) is 0 Å². The minimum atomic E-state index is 0.142. The molecule has 0 saturated carbocycles. The fraction of sp³-hybridized carbons (Fsp3) is 0.333. The Labute approximate surface area is 122 Å². The minimum absolute atomic E-state index is 0.142. The van der Waals surface area contributed by atoms with Crippen LogP contribution in [0.1, 0.15) is 16.7 Å². The fourth-order valence-electron chi connectivity index (χ4n) is 2.61. The summed E-state index contributed by atoms with van der Waals surface area (Å²) in [4.78, 5) is 2.24. The van der Waals surface area contributed by atoms with Crippen LogP contribution >= 0.6 is 0 Å². The summed E-state index contributed by atoms with van der Waals surface area (Å²) in [6, 6.07) is 17.2. The van der Waals surface area contributed by atoms with Gasteiger partial charge in [0.25, 0.3) is 0 Å². The van der Waals surface area contributed by atoms with Gasteiger partial charge in [-0.25, -0.2) is 0 Å². The van der Waals surface area contributed by atoms with Crippen molar-refractivity contribution in [2.24, 2.45) is 5.73 Å². The molecule has 0 heterocycles. The summed E-state index contributed by atoms with van der Waals surface area (Å²) < 4.78 is 0. The Kier molecular flexibility index (Phi) is 4.80. The molecule has 2 rings (SSSR count). The van der Waals surface area contributed by atoms with Crippen LogP contribution in [0.2, 0.25) is 0 Å². The number of hydrogen-bond acceptors (Lipinski definition) is 2. The van der Waals surface area contributed by atoms with Crippen molar-refractivity contribution in [2.75, 3.05) is 18.5 Å². The summed E-state index contributed by atoms with van der Waals surface area (Å²) in [5, 5.41) is 0. The predicted molar refractivity (Wildman–Crippen MR) is 87.3 cm³/mol. The molecule has 0 aliphatic heterocycles. The maximum absolute atomic E-state index is 6.28. The Morgan fingerprint density at radius 3 is 2.20 bits per heavy atom. The van der Waals surface area contributed by atoms with Crippen molar-refractivity contribution in [1.82, 2.24) is 0 Å². The zero-order valence-corrected chi connectivity index (χ0v) is 12.6. The van der Waals surface area contributed by atoms with E-state index in [0.29, 0.717) is 0 Å². The number of benzene rings is 2. The van der Waals surface area contributed by atoms with Gasteiger partial charge >= 0.3 is 0 Å². The first-order valence-electron chi connectivity index (χ1n) is 7.13. The van der Waals surface area contributed by atoms with Crippen LogP contribution in [0.5, 0.6) is 0 Å². The highest BCUT2D eigenvalue weighted by Gasteiger charge is 2.09. The van der Waals surface area contributed by atoms with E-state index >= 15 is 0 Å². The first-order chi connectivity index (χ1) is 9.54. The molecular weight excluding hydrogens is 244 g/mol. The number of nitrogens with two attached hydrogens (primary N) is 1. The quantitative estimate of drug-likeness (QED) is 0.901. The normalized spacial score (nSPS) is 12.2. The number of likely N-dealkylation sites (N-methyl/N-ethyl adjacent to an activating group) is 1. The summed E-state index contributed by atoms with van der Waals surface area (Å²) in [5.41, 5.74) is 11.4. The molecule has 0 aliphatic rings. The van der Waals surface area contributed by atoms with Gasteiger partial charge in [-0.15, -0.1) is 0 Å². The van der Waals surface area contributed by atoms with Gasteiger partial charge in [0.2, 0.25) is 0 Å². The number of hydrogen-bond donors (Lipinski definition) is 1. The van der Waals surface area contributed by atoms with Crippen LogP contribution in [0.25, 0.3) is 0 Å². The van der Waals surface area contributed by atoms with Gasteiger partial charge in [-0.3, -0.25) is 0 Å². The molecule has 106 valence electrons. The lowest BCUT2D eigenvalue weighted by molar-refractivity contribution is 0.655. The van der Waals surface area contributed by atoms with Crippen molar-refractivity contribution in [3.8, 4) is 0 Å². The van der Waals surface area contributed by atoms with Crippen LogP contribution in [-0.4, -0.2) is 19.6 Å². The smallest absolute Gasteiger partial charge is 0.0369 e. The number of nitrogens with zero attached hydrogens (tertiary/aromatic N) is 1. The first kappa shape index (κ1) is 14.6. The third kappa shape index (κ3) is 4.10. The van der Waals surface area contributed by atoms with Crippen molar-refractivity contribution in [3.05, 3.63) is 65.2 Å². The van der Waals surface area contributed by atoms with Crippen LogP contribution in [0.15, 0.2) is 48.5 Å². The molecule has 0 fully saturated rings. The summed E-state index contributed by atoms with van der Waals surface area (Å²) in [7, 11) is 2.11. The van der Waals surface area contributed by atoms with Crippen LogP contribution in [0.4, 0.5) is 5.69 Å². The van der Waals surface area contributed by atoms with Crippen LogP contribution in [0, 0.1) is 13.8 Å².